The first kappa shape index (κ1) is 19.2. The van der Waals surface area contributed by atoms with E-state index >= 15 is 0 Å². The van der Waals surface area contributed by atoms with Crippen LogP contribution in [-0.4, -0.2) is 37.5 Å². The number of hydrogen-bond acceptors (Lipinski definition) is 6. The molecule has 27 heavy (non-hydrogen) atoms. The largest absolute Gasteiger partial charge is 0.494 e. The normalized spacial score (nSPS) is 19.8. The van der Waals surface area contributed by atoms with Crippen molar-refractivity contribution >= 4 is 5.91 Å². The van der Waals surface area contributed by atoms with Crippen LogP contribution in [0.5, 0.6) is 11.5 Å². The van der Waals surface area contributed by atoms with Crippen LogP contribution in [0.15, 0.2) is 34.9 Å². The molecule has 3 rings (SSSR count). The molecule has 0 spiro atoms. The van der Waals surface area contributed by atoms with E-state index < -0.39 is 0 Å². The minimum atomic E-state index is -0.245. The van der Waals surface area contributed by atoms with Gasteiger partial charge in [0.1, 0.15) is 18.1 Å². The molecular weight excluding hydrogens is 348 g/mol. The standard InChI is InChI=1S/C20H26N2O5/c1-4-25-15-5-7-16(8-6-15)26-17-9-14(10-17)18-11-19(27-22-18)13(2)21-20(23)12-24-3/h5-8,11,13-14,17H,4,9-10,12H2,1-3H3,(H,21,23)/t13-,14?,17?/m0/s1. The van der Waals surface area contributed by atoms with Gasteiger partial charge in [0, 0.05) is 19.1 Å². The Morgan fingerprint density at radius 2 is 2.00 bits per heavy atom. The van der Waals surface area contributed by atoms with Gasteiger partial charge in [-0.2, -0.15) is 0 Å². The Kier molecular flexibility index (Phi) is 6.34. The molecule has 1 aromatic carbocycles. The fourth-order valence-electron chi connectivity index (χ4n) is 3.06. The van der Waals surface area contributed by atoms with Crippen LogP contribution in [0.2, 0.25) is 0 Å². The van der Waals surface area contributed by atoms with Crippen LogP contribution >= 0.6 is 0 Å². The van der Waals surface area contributed by atoms with Crippen LogP contribution in [0.3, 0.4) is 0 Å². The highest BCUT2D eigenvalue weighted by molar-refractivity contribution is 5.77. The lowest BCUT2D eigenvalue weighted by molar-refractivity contribution is -0.125. The summed E-state index contributed by atoms with van der Waals surface area (Å²) >= 11 is 0. The van der Waals surface area contributed by atoms with E-state index in [-0.39, 0.29) is 24.7 Å². The van der Waals surface area contributed by atoms with Gasteiger partial charge in [-0.05, 0) is 51.0 Å². The van der Waals surface area contributed by atoms with Crippen molar-refractivity contribution in [1.29, 1.82) is 0 Å². The summed E-state index contributed by atoms with van der Waals surface area (Å²) < 4.78 is 21.6. The molecule has 1 aliphatic rings. The summed E-state index contributed by atoms with van der Waals surface area (Å²) in [5.74, 6) is 2.47. The van der Waals surface area contributed by atoms with Gasteiger partial charge >= 0.3 is 0 Å². The summed E-state index contributed by atoms with van der Waals surface area (Å²) in [6, 6.07) is 9.35. The molecule has 0 bridgehead atoms. The molecule has 1 aromatic heterocycles. The average molecular weight is 374 g/mol. The molecule has 1 N–H and O–H groups in total. The zero-order valence-corrected chi connectivity index (χ0v) is 15.9. The molecule has 1 amide bonds. The van der Waals surface area contributed by atoms with E-state index in [0.29, 0.717) is 18.3 Å². The van der Waals surface area contributed by atoms with Crippen LogP contribution in [-0.2, 0) is 9.53 Å². The number of carbonyl (C=O) groups is 1. The van der Waals surface area contributed by atoms with Gasteiger partial charge in [0.25, 0.3) is 0 Å². The van der Waals surface area contributed by atoms with E-state index in [9.17, 15) is 4.79 Å². The summed E-state index contributed by atoms with van der Waals surface area (Å²) in [4.78, 5) is 11.6. The number of aromatic nitrogens is 1. The Balaban J connectivity index is 1.47. The Labute approximate surface area is 159 Å². The topological polar surface area (TPSA) is 82.8 Å². The highest BCUT2D eigenvalue weighted by atomic mass is 16.5. The molecule has 146 valence electrons. The van der Waals surface area contributed by atoms with E-state index in [1.165, 1.54) is 7.11 Å². The maximum absolute atomic E-state index is 11.6. The van der Waals surface area contributed by atoms with E-state index in [1.807, 2.05) is 44.2 Å². The second kappa shape index (κ2) is 8.90. The number of rotatable bonds is 9. The van der Waals surface area contributed by atoms with Crippen molar-refractivity contribution in [1.82, 2.24) is 10.5 Å². The van der Waals surface area contributed by atoms with Gasteiger partial charge in [0.05, 0.1) is 24.4 Å². The molecule has 0 radical (unpaired) electrons. The van der Waals surface area contributed by atoms with Crippen molar-refractivity contribution in [2.24, 2.45) is 0 Å². The van der Waals surface area contributed by atoms with Crippen molar-refractivity contribution in [3.05, 3.63) is 41.8 Å². The summed E-state index contributed by atoms with van der Waals surface area (Å²) in [5, 5.41) is 6.96. The first-order valence-electron chi connectivity index (χ1n) is 9.23. The van der Waals surface area contributed by atoms with Crippen LogP contribution in [0, 0.1) is 0 Å². The highest BCUT2D eigenvalue weighted by Crippen LogP contribution is 2.39. The van der Waals surface area contributed by atoms with Gasteiger partial charge < -0.3 is 24.1 Å². The molecule has 0 aliphatic heterocycles. The summed E-state index contributed by atoms with van der Waals surface area (Å²) in [5.41, 5.74) is 0.907. The average Bonchev–Trinajstić information content (AvgIpc) is 3.09. The maximum atomic E-state index is 11.6. The number of ether oxygens (including phenoxy) is 3. The molecule has 1 atom stereocenters. The summed E-state index contributed by atoms with van der Waals surface area (Å²) in [6.07, 6.45) is 1.96. The van der Waals surface area contributed by atoms with Gasteiger partial charge in [0.2, 0.25) is 5.91 Å². The first-order chi connectivity index (χ1) is 13.1. The lowest BCUT2D eigenvalue weighted by Gasteiger charge is -2.34. The second-order valence-corrected chi connectivity index (χ2v) is 6.69. The number of amides is 1. The Morgan fingerprint density at radius 1 is 1.30 bits per heavy atom. The highest BCUT2D eigenvalue weighted by Gasteiger charge is 2.34. The van der Waals surface area contributed by atoms with Crippen LogP contribution < -0.4 is 14.8 Å². The first-order valence-corrected chi connectivity index (χ1v) is 9.23. The van der Waals surface area contributed by atoms with Crippen molar-refractivity contribution in [3.8, 4) is 11.5 Å². The van der Waals surface area contributed by atoms with Gasteiger partial charge in [-0.3, -0.25) is 4.79 Å². The van der Waals surface area contributed by atoms with Crippen molar-refractivity contribution in [2.45, 2.75) is 44.8 Å². The lowest BCUT2D eigenvalue weighted by atomic mass is 9.80. The van der Waals surface area contributed by atoms with Crippen LogP contribution in [0.1, 0.15) is 50.1 Å². The van der Waals surface area contributed by atoms with E-state index in [1.54, 1.807) is 0 Å². The third-order valence-corrected chi connectivity index (χ3v) is 4.58. The van der Waals surface area contributed by atoms with Gasteiger partial charge in [-0.25, -0.2) is 0 Å². The molecular formula is C20H26N2O5. The smallest absolute Gasteiger partial charge is 0.246 e. The summed E-state index contributed by atoms with van der Waals surface area (Å²) in [6.45, 7) is 4.50. The van der Waals surface area contributed by atoms with Crippen LogP contribution in [0.25, 0.3) is 0 Å². The number of hydrogen-bond donors (Lipinski definition) is 1. The number of carbonyl (C=O) groups excluding carboxylic acids is 1. The third kappa shape index (κ3) is 5.01. The minimum absolute atomic E-state index is 0.0263. The number of methoxy groups -OCH3 is 1. The van der Waals surface area contributed by atoms with Crippen LogP contribution in [0.4, 0.5) is 0 Å². The maximum Gasteiger partial charge on any atom is 0.246 e. The van der Waals surface area contributed by atoms with Gasteiger partial charge in [-0.1, -0.05) is 5.16 Å². The molecule has 0 unspecified atom stereocenters. The molecule has 1 aliphatic carbocycles. The Morgan fingerprint density at radius 3 is 2.67 bits per heavy atom. The lowest BCUT2D eigenvalue weighted by Crippen LogP contribution is -2.32. The zero-order valence-electron chi connectivity index (χ0n) is 15.9. The fourth-order valence-corrected chi connectivity index (χ4v) is 3.06. The van der Waals surface area contributed by atoms with Crippen molar-refractivity contribution in [2.75, 3.05) is 20.3 Å². The zero-order chi connectivity index (χ0) is 19.2. The molecule has 1 fully saturated rings. The molecule has 1 saturated carbocycles. The van der Waals surface area contributed by atoms with Gasteiger partial charge in [-0.15, -0.1) is 0 Å². The minimum Gasteiger partial charge on any atom is -0.494 e. The second-order valence-electron chi connectivity index (χ2n) is 6.69. The number of benzene rings is 1. The van der Waals surface area contributed by atoms with Gasteiger partial charge in [0.15, 0.2) is 5.76 Å². The van der Waals surface area contributed by atoms with E-state index in [2.05, 4.69) is 10.5 Å². The third-order valence-electron chi connectivity index (χ3n) is 4.58. The summed E-state index contributed by atoms with van der Waals surface area (Å²) in [7, 11) is 1.49. The predicted octanol–water partition coefficient (Wildman–Crippen LogP) is 3.22. The van der Waals surface area contributed by atoms with E-state index in [4.69, 9.17) is 18.7 Å². The predicted molar refractivity (Wildman–Crippen MR) is 98.9 cm³/mol. The van der Waals surface area contributed by atoms with Crippen molar-refractivity contribution in [3.63, 3.8) is 0 Å². The quantitative estimate of drug-likeness (QED) is 0.726. The fraction of sp³-hybridized carbons (Fsp3) is 0.500. The van der Waals surface area contributed by atoms with E-state index in [0.717, 1.165) is 30.0 Å². The molecule has 7 nitrogen and oxygen atoms in total. The Bertz CT molecular complexity index is 737. The Hall–Kier alpha value is -2.54. The molecule has 7 heteroatoms. The SMILES string of the molecule is CCOc1ccc(OC2CC(c3cc([C@H](C)NC(=O)COC)on3)C2)cc1. The number of nitrogens with zero attached hydrogens (tertiary/aromatic N) is 1. The molecule has 1 heterocycles. The number of nitrogens with one attached hydrogen (secondary N) is 1. The molecule has 0 saturated heterocycles. The molecule has 2 aromatic rings. The van der Waals surface area contributed by atoms with Crippen molar-refractivity contribution < 1.29 is 23.5 Å². The monoisotopic (exact) mass is 374 g/mol.